The third kappa shape index (κ3) is 4.98. The molecule has 0 amide bonds. The van der Waals surface area contributed by atoms with E-state index in [9.17, 15) is 0 Å². The Kier molecular flexibility index (Phi) is 6.21. The lowest BCUT2D eigenvalue weighted by atomic mass is 9.71. The molecular formula is C20H44N+. The van der Waals surface area contributed by atoms with Crippen LogP contribution in [0, 0.1) is 10.8 Å². The van der Waals surface area contributed by atoms with Crippen LogP contribution in [-0.4, -0.2) is 29.7 Å². The van der Waals surface area contributed by atoms with Gasteiger partial charge in [0.05, 0.1) is 25.2 Å². The second-order valence-corrected chi connectivity index (χ2v) is 10.5. The Morgan fingerprint density at radius 3 is 1.38 bits per heavy atom. The Morgan fingerprint density at radius 2 is 1.10 bits per heavy atom. The summed E-state index contributed by atoms with van der Waals surface area (Å²) < 4.78 is 1.09. The maximum absolute atomic E-state index is 2.51. The van der Waals surface area contributed by atoms with Crippen LogP contribution in [0.5, 0.6) is 0 Å². The zero-order valence-electron chi connectivity index (χ0n) is 17.3. The number of quaternary nitrogens is 1. The van der Waals surface area contributed by atoms with E-state index in [2.05, 4.69) is 83.3 Å². The van der Waals surface area contributed by atoms with Gasteiger partial charge in [-0.05, 0) is 38.0 Å². The first-order valence-corrected chi connectivity index (χ1v) is 8.88. The predicted octanol–water partition coefficient (Wildman–Crippen LogP) is 6.27. The Hall–Kier alpha value is -0.0400. The molecular weight excluding hydrogens is 254 g/mol. The number of hydrogen-bond donors (Lipinski definition) is 0. The van der Waals surface area contributed by atoms with Gasteiger partial charge in [-0.15, -0.1) is 0 Å². The fraction of sp³-hybridized carbons (Fsp3) is 1.00. The summed E-state index contributed by atoms with van der Waals surface area (Å²) >= 11 is 0. The van der Waals surface area contributed by atoms with Crippen LogP contribution >= 0.6 is 0 Å². The predicted molar refractivity (Wildman–Crippen MR) is 97.6 cm³/mol. The summed E-state index contributed by atoms with van der Waals surface area (Å²) in [6.45, 7) is 24.1. The van der Waals surface area contributed by atoms with Crippen LogP contribution in [0.25, 0.3) is 0 Å². The molecule has 0 bridgehead atoms. The first-order valence-electron chi connectivity index (χ1n) is 8.88. The van der Waals surface area contributed by atoms with E-state index in [1.165, 1.54) is 25.7 Å². The SMILES string of the molecule is CCC(C)(C)CC(C)(CC)[N+](C)(C)C(C)(C)CC(C)(C)C. The summed E-state index contributed by atoms with van der Waals surface area (Å²) in [6.07, 6.45) is 5.02. The van der Waals surface area contributed by atoms with Gasteiger partial charge < -0.3 is 4.48 Å². The maximum atomic E-state index is 2.51. The van der Waals surface area contributed by atoms with Crippen molar-refractivity contribution in [3.05, 3.63) is 0 Å². The molecule has 0 aliphatic heterocycles. The van der Waals surface area contributed by atoms with E-state index in [-0.39, 0.29) is 5.54 Å². The maximum Gasteiger partial charge on any atom is 0.0966 e. The molecule has 21 heavy (non-hydrogen) atoms. The van der Waals surface area contributed by atoms with E-state index in [1.807, 2.05) is 0 Å². The van der Waals surface area contributed by atoms with Crippen molar-refractivity contribution in [2.45, 2.75) is 106 Å². The van der Waals surface area contributed by atoms with Crippen molar-refractivity contribution < 1.29 is 4.48 Å². The zero-order chi connectivity index (χ0) is 17.3. The largest absolute Gasteiger partial charge is 0.319 e. The van der Waals surface area contributed by atoms with Crippen molar-refractivity contribution in [1.82, 2.24) is 0 Å². The van der Waals surface area contributed by atoms with Gasteiger partial charge in [-0.3, -0.25) is 0 Å². The van der Waals surface area contributed by atoms with Crippen molar-refractivity contribution in [3.8, 4) is 0 Å². The van der Waals surface area contributed by atoms with E-state index in [1.54, 1.807) is 0 Å². The minimum Gasteiger partial charge on any atom is -0.319 e. The Bertz CT molecular complexity index is 330. The van der Waals surface area contributed by atoms with E-state index in [4.69, 9.17) is 0 Å². The number of rotatable bonds is 7. The Balaban J connectivity index is 5.59. The van der Waals surface area contributed by atoms with Crippen LogP contribution in [0.2, 0.25) is 0 Å². The third-order valence-electron chi connectivity index (χ3n) is 6.40. The van der Waals surface area contributed by atoms with Gasteiger partial charge in [0, 0.05) is 12.8 Å². The second-order valence-electron chi connectivity index (χ2n) is 10.5. The standard InChI is InChI=1S/C20H44N/c1-13-18(6,7)16-20(10,14-2)21(11,12)19(8,9)15-17(3,4)5/h13-16H2,1-12H3/q+1. The Morgan fingerprint density at radius 1 is 0.667 bits per heavy atom. The van der Waals surface area contributed by atoms with Gasteiger partial charge in [0.1, 0.15) is 0 Å². The minimum atomic E-state index is 0.271. The summed E-state index contributed by atoms with van der Waals surface area (Å²) in [6, 6.07) is 0. The van der Waals surface area contributed by atoms with Crippen molar-refractivity contribution >= 4 is 0 Å². The van der Waals surface area contributed by atoms with Crippen molar-refractivity contribution in [3.63, 3.8) is 0 Å². The molecule has 128 valence electrons. The van der Waals surface area contributed by atoms with Gasteiger partial charge in [0.25, 0.3) is 0 Å². The lowest BCUT2D eigenvalue weighted by molar-refractivity contribution is -0.985. The highest BCUT2D eigenvalue weighted by Crippen LogP contribution is 2.45. The molecule has 0 aliphatic rings. The van der Waals surface area contributed by atoms with Crippen molar-refractivity contribution in [1.29, 1.82) is 0 Å². The van der Waals surface area contributed by atoms with E-state index in [0.29, 0.717) is 16.4 Å². The molecule has 0 fully saturated rings. The van der Waals surface area contributed by atoms with Gasteiger partial charge in [-0.1, -0.05) is 54.9 Å². The molecule has 0 radical (unpaired) electrons. The molecule has 1 heteroatoms. The monoisotopic (exact) mass is 298 g/mol. The fourth-order valence-corrected chi connectivity index (χ4v) is 4.10. The van der Waals surface area contributed by atoms with Gasteiger partial charge in [0.15, 0.2) is 0 Å². The molecule has 0 aliphatic carbocycles. The summed E-state index contributed by atoms with van der Waals surface area (Å²) in [5.74, 6) is 0. The van der Waals surface area contributed by atoms with E-state index < -0.39 is 0 Å². The molecule has 0 aromatic carbocycles. The van der Waals surface area contributed by atoms with Crippen LogP contribution in [0.3, 0.4) is 0 Å². The number of nitrogens with zero attached hydrogens (tertiary/aromatic N) is 1. The van der Waals surface area contributed by atoms with Crippen LogP contribution in [-0.2, 0) is 0 Å². The molecule has 0 heterocycles. The summed E-state index contributed by atoms with van der Waals surface area (Å²) in [4.78, 5) is 0. The molecule has 1 atom stereocenters. The quantitative estimate of drug-likeness (QED) is 0.486. The molecule has 0 aromatic heterocycles. The van der Waals surface area contributed by atoms with Crippen molar-refractivity contribution in [2.24, 2.45) is 10.8 Å². The average Bonchev–Trinajstić information content (AvgIpc) is 2.24. The summed E-state index contributed by atoms with van der Waals surface area (Å²) in [5.41, 5.74) is 1.37. The lowest BCUT2D eigenvalue weighted by Gasteiger charge is -2.58. The van der Waals surface area contributed by atoms with Gasteiger partial charge in [-0.25, -0.2) is 0 Å². The first-order chi connectivity index (χ1) is 9.04. The molecule has 1 nitrogen and oxygen atoms in total. The Labute approximate surface area is 136 Å². The molecule has 0 rings (SSSR count). The third-order valence-corrected chi connectivity index (χ3v) is 6.40. The highest BCUT2D eigenvalue weighted by molar-refractivity contribution is 4.88. The highest BCUT2D eigenvalue weighted by atomic mass is 15.4. The highest BCUT2D eigenvalue weighted by Gasteiger charge is 2.51. The summed E-state index contributed by atoms with van der Waals surface area (Å²) in [5, 5.41) is 0. The molecule has 0 saturated carbocycles. The van der Waals surface area contributed by atoms with Crippen LogP contribution < -0.4 is 0 Å². The second kappa shape index (κ2) is 6.22. The van der Waals surface area contributed by atoms with Gasteiger partial charge >= 0.3 is 0 Å². The number of hydrogen-bond acceptors (Lipinski definition) is 0. The topological polar surface area (TPSA) is 0 Å². The first kappa shape index (κ1) is 21.0. The molecule has 1 unspecified atom stereocenters. The van der Waals surface area contributed by atoms with Crippen LogP contribution in [0.4, 0.5) is 0 Å². The molecule has 0 saturated heterocycles. The average molecular weight is 299 g/mol. The molecule has 0 spiro atoms. The zero-order valence-corrected chi connectivity index (χ0v) is 17.3. The minimum absolute atomic E-state index is 0.271. The van der Waals surface area contributed by atoms with E-state index in [0.717, 1.165) is 4.48 Å². The normalized spacial score (nSPS) is 17.7. The van der Waals surface area contributed by atoms with E-state index >= 15 is 0 Å². The molecule has 0 aromatic rings. The van der Waals surface area contributed by atoms with Gasteiger partial charge in [0.2, 0.25) is 0 Å². The smallest absolute Gasteiger partial charge is 0.0966 e. The lowest BCUT2D eigenvalue weighted by Crippen LogP contribution is -2.69. The molecule has 0 N–H and O–H groups in total. The fourth-order valence-electron chi connectivity index (χ4n) is 4.10. The van der Waals surface area contributed by atoms with Crippen molar-refractivity contribution in [2.75, 3.05) is 14.1 Å². The van der Waals surface area contributed by atoms with Crippen LogP contribution in [0.1, 0.15) is 94.9 Å². The summed E-state index contributed by atoms with van der Waals surface area (Å²) in [7, 11) is 4.92. The van der Waals surface area contributed by atoms with Crippen LogP contribution in [0.15, 0.2) is 0 Å². The van der Waals surface area contributed by atoms with Gasteiger partial charge in [-0.2, -0.15) is 0 Å².